The molecule has 132 valence electrons. The van der Waals surface area contributed by atoms with Crippen molar-refractivity contribution in [2.24, 2.45) is 0 Å². The first-order valence-corrected chi connectivity index (χ1v) is 8.19. The Balaban J connectivity index is 1.79. The van der Waals surface area contributed by atoms with E-state index >= 15 is 0 Å². The zero-order valence-corrected chi connectivity index (χ0v) is 14.4. The van der Waals surface area contributed by atoms with Crippen molar-refractivity contribution >= 4 is 22.4 Å². The predicted octanol–water partition coefficient (Wildman–Crippen LogP) is 3.55. The van der Waals surface area contributed by atoms with Crippen LogP contribution >= 0.6 is 0 Å². The number of fused-ring (bicyclic) bond motifs is 3. The summed E-state index contributed by atoms with van der Waals surface area (Å²) in [5, 5.41) is 4.04. The van der Waals surface area contributed by atoms with Crippen molar-refractivity contribution < 1.29 is 18.7 Å². The number of ketones is 1. The third kappa shape index (κ3) is 2.60. The van der Waals surface area contributed by atoms with Crippen LogP contribution in [0, 0.1) is 0 Å². The van der Waals surface area contributed by atoms with Gasteiger partial charge in [0.25, 0.3) is 0 Å². The highest BCUT2D eigenvalue weighted by Crippen LogP contribution is 2.39. The Morgan fingerprint density at radius 3 is 2.65 bits per heavy atom. The Labute approximate surface area is 149 Å². The number of hydrogen-bond acceptors (Lipinski definition) is 6. The SMILES string of the molecule is COc1ccc(C2CC(=O)c3c(ccc4oc(=O)ccc34)N2)c(OC)c1. The Morgan fingerprint density at radius 2 is 1.88 bits per heavy atom. The highest BCUT2D eigenvalue weighted by atomic mass is 16.5. The third-order valence-corrected chi connectivity index (χ3v) is 4.62. The maximum Gasteiger partial charge on any atom is 0.336 e. The first-order valence-electron chi connectivity index (χ1n) is 8.19. The van der Waals surface area contributed by atoms with Crippen molar-refractivity contribution in [2.45, 2.75) is 12.5 Å². The van der Waals surface area contributed by atoms with E-state index in [-0.39, 0.29) is 18.2 Å². The minimum absolute atomic E-state index is 0.0129. The number of methoxy groups -OCH3 is 2. The number of carbonyl (C=O) groups is 1. The molecule has 2 aromatic carbocycles. The smallest absolute Gasteiger partial charge is 0.336 e. The van der Waals surface area contributed by atoms with Crippen molar-refractivity contribution in [3.8, 4) is 11.5 Å². The van der Waals surface area contributed by atoms with Gasteiger partial charge >= 0.3 is 5.63 Å². The highest BCUT2D eigenvalue weighted by molar-refractivity contribution is 6.13. The summed E-state index contributed by atoms with van der Waals surface area (Å²) in [4.78, 5) is 24.3. The number of benzene rings is 2. The van der Waals surface area contributed by atoms with E-state index in [9.17, 15) is 9.59 Å². The molecular formula is C20H17NO5. The molecule has 6 heteroatoms. The van der Waals surface area contributed by atoms with Crippen LogP contribution < -0.4 is 20.4 Å². The molecule has 4 rings (SSSR count). The number of carbonyl (C=O) groups excluding carboxylic acids is 1. The van der Waals surface area contributed by atoms with E-state index < -0.39 is 5.63 Å². The molecule has 1 aromatic heterocycles. The Hall–Kier alpha value is -3.28. The van der Waals surface area contributed by atoms with Gasteiger partial charge in [0.1, 0.15) is 17.1 Å². The summed E-state index contributed by atoms with van der Waals surface area (Å²) >= 11 is 0. The van der Waals surface area contributed by atoms with Gasteiger partial charge in [-0.05, 0) is 30.3 Å². The van der Waals surface area contributed by atoms with E-state index in [4.69, 9.17) is 13.9 Å². The summed E-state index contributed by atoms with van der Waals surface area (Å²) in [5.41, 5.74) is 2.12. The number of anilines is 1. The fraction of sp³-hybridized carbons (Fsp3) is 0.200. The maximum absolute atomic E-state index is 12.9. The first kappa shape index (κ1) is 16.2. The van der Waals surface area contributed by atoms with Crippen LogP contribution in [0.4, 0.5) is 5.69 Å². The summed E-state index contributed by atoms with van der Waals surface area (Å²) in [7, 11) is 3.18. The summed E-state index contributed by atoms with van der Waals surface area (Å²) in [6.45, 7) is 0. The fourth-order valence-electron chi connectivity index (χ4n) is 3.39. The van der Waals surface area contributed by atoms with Gasteiger partial charge in [0.2, 0.25) is 0 Å². The minimum atomic E-state index is -0.436. The number of nitrogens with one attached hydrogen (secondary N) is 1. The minimum Gasteiger partial charge on any atom is -0.497 e. The van der Waals surface area contributed by atoms with Crippen LogP contribution in [0.15, 0.2) is 51.7 Å². The second-order valence-corrected chi connectivity index (χ2v) is 6.09. The topological polar surface area (TPSA) is 77.8 Å². The van der Waals surface area contributed by atoms with Crippen molar-refractivity contribution in [3.63, 3.8) is 0 Å². The molecule has 0 saturated carbocycles. The molecule has 0 radical (unpaired) electrons. The van der Waals surface area contributed by atoms with Gasteiger partial charge < -0.3 is 19.2 Å². The van der Waals surface area contributed by atoms with E-state index in [1.54, 1.807) is 38.5 Å². The Morgan fingerprint density at radius 1 is 1.04 bits per heavy atom. The van der Waals surface area contributed by atoms with Crippen molar-refractivity contribution in [1.29, 1.82) is 0 Å². The largest absolute Gasteiger partial charge is 0.497 e. The second-order valence-electron chi connectivity index (χ2n) is 6.09. The summed E-state index contributed by atoms with van der Waals surface area (Å²) in [6.07, 6.45) is 0.272. The van der Waals surface area contributed by atoms with Crippen LogP contribution in [-0.4, -0.2) is 20.0 Å². The lowest BCUT2D eigenvalue weighted by Gasteiger charge is -2.28. The highest BCUT2D eigenvalue weighted by Gasteiger charge is 2.29. The van der Waals surface area contributed by atoms with Crippen LogP contribution in [0.3, 0.4) is 0 Å². The molecule has 1 aliphatic rings. The van der Waals surface area contributed by atoms with Gasteiger partial charge in [0.15, 0.2) is 5.78 Å². The molecule has 3 aromatic rings. The van der Waals surface area contributed by atoms with Gasteiger partial charge in [0.05, 0.1) is 25.8 Å². The third-order valence-electron chi connectivity index (χ3n) is 4.62. The normalized spacial score (nSPS) is 16.1. The monoisotopic (exact) mass is 351 g/mol. The van der Waals surface area contributed by atoms with E-state index in [0.29, 0.717) is 33.7 Å². The van der Waals surface area contributed by atoms with Gasteiger partial charge in [-0.25, -0.2) is 4.79 Å². The first-order chi connectivity index (χ1) is 12.6. The lowest BCUT2D eigenvalue weighted by molar-refractivity contribution is 0.0973. The molecule has 0 saturated heterocycles. The lowest BCUT2D eigenvalue weighted by Crippen LogP contribution is -2.23. The number of ether oxygens (including phenoxy) is 2. The van der Waals surface area contributed by atoms with Gasteiger partial charge in [-0.2, -0.15) is 0 Å². The standard InChI is InChI=1S/C20H17NO5/c1-24-11-3-4-12(18(9-11)25-2)15-10-16(22)20-13-5-8-19(23)26-17(13)7-6-14(20)21-15/h3-9,15,21H,10H2,1-2H3. The zero-order chi connectivity index (χ0) is 18.3. The summed E-state index contributed by atoms with van der Waals surface area (Å²) in [6, 6.07) is 11.7. The van der Waals surface area contributed by atoms with Crippen molar-refractivity contribution in [2.75, 3.05) is 19.5 Å². The van der Waals surface area contributed by atoms with Crippen LogP contribution in [0.1, 0.15) is 28.4 Å². The summed E-state index contributed by atoms with van der Waals surface area (Å²) < 4.78 is 15.9. The molecule has 1 aliphatic heterocycles. The van der Waals surface area contributed by atoms with E-state index in [1.807, 2.05) is 12.1 Å². The fourth-order valence-corrected chi connectivity index (χ4v) is 3.39. The maximum atomic E-state index is 12.9. The lowest BCUT2D eigenvalue weighted by atomic mass is 9.90. The average Bonchev–Trinajstić information content (AvgIpc) is 2.66. The second kappa shape index (κ2) is 6.22. The van der Waals surface area contributed by atoms with Crippen LogP contribution in [0.2, 0.25) is 0 Å². The molecule has 0 aliphatic carbocycles. The molecule has 26 heavy (non-hydrogen) atoms. The molecule has 0 amide bonds. The number of rotatable bonds is 3. The van der Waals surface area contributed by atoms with Crippen LogP contribution in [0.5, 0.6) is 11.5 Å². The summed E-state index contributed by atoms with van der Waals surface area (Å²) in [5.74, 6) is 1.33. The molecule has 6 nitrogen and oxygen atoms in total. The molecule has 0 fully saturated rings. The Bertz CT molecular complexity index is 1070. The zero-order valence-electron chi connectivity index (χ0n) is 14.4. The van der Waals surface area contributed by atoms with Crippen LogP contribution in [-0.2, 0) is 0 Å². The van der Waals surface area contributed by atoms with E-state index in [0.717, 1.165) is 5.56 Å². The molecular weight excluding hydrogens is 334 g/mol. The molecule has 0 spiro atoms. The van der Waals surface area contributed by atoms with Crippen molar-refractivity contribution in [1.82, 2.24) is 0 Å². The number of Topliss-reactive ketones (excluding diaryl/α,β-unsaturated/α-hetero) is 1. The van der Waals surface area contributed by atoms with Gasteiger partial charge in [-0.3, -0.25) is 4.79 Å². The number of hydrogen-bond donors (Lipinski definition) is 1. The molecule has 1 N–H and O–H groups in total. The molecule has 1 unspecified atom stereocenters. The quantitative estimate of drug-likeness (QED) is 0.727. The molecule has 0 bridgehead atoms. The van der Waals surface area contributed by atoms with E-state index in [2.05, 4.69) is 5.32 Å². The van der Waals surface area contributed by atoms with Gasteiger partial charge in [-0.15, -0.1) is 0 Å². The average molecular weight is 351 g/mol. The Kier molecular flexibility index (Phi) is 3.88. The van der Waals surface area contributed by atoms with Crippen molar-refractivity contribution in [3.05, 3.63) is 64.0 Å². The molecule has 1 atom stereocenters. The molecule has 2 heterocycles. The van der Waals surface area contributed by atoms with Gasteiger partial charge in [0, 0.05) is 35.2 Å². The van der Waals surface area contributed by atoms with Gasteiger partial charge in [-0.1, -0.05) is 0 Å². The van der Waals surface area contributed by atoms with Crippen LogP contribution in [0.25, 0.3) is 11.0 Å². The predicted molar refractivity (Wildman–Crippen MR) is 97.3 cm³/mol. The van der Waals surface area contributed by atoms with E-state index in [1.165, 1.54) is 6.07 Å².